The smallest absolute Gasteiger partial charge is 0.153 e. The highest BCUT2D eigenvalue weighted by Gasteiger charge is 2.17. The quantitative estimate of drug-likeness (QED) is 0.503. The van der Waals surface area contributed by atoms with Crippen LogP contribution in [0.5, 0.6) is 11.5 Å². The van der Waals surface area contributed by atoms with Gasteiger partial charge < -0.3 is 14.4 Å². The second-order valence-corrected chi connectivity index (χ2v) is 8.41. The summed E-state index contributed by atoms with van der Waals surface area (Å²) in [5.74, 6) is 1.66. The van der Waals surface area contributed by atoms with Crippen molar-refractivity contribution >= 4 is 12.0 Å². The maximum Gasteiger partial charge on any atom is 0.153 e. The maximum absolute atomic E-state index is 6.19. The fourth-order valence-electron chi connectivity index (χ4n) is 4.04. The summed E-state index contributed by atoms with van der Waals surface area (Å²) in [7, 11) is 0. The van der Waals surface area contributed by atoms with E-state index in [1.165, 1.54) is 5.56 Å². The lowest BCUT2D eigenvalue weighted by molar-refractivity contribution is 0.0316. The van der Waals surface area contributed by atoms with E-state index in [4.69, 9.17) is 14.5 Å². The Morgan fingerprint density at radius 1 is 0.871 bits per heavy atom. The minimum Gasteiger partial charge on any atom is -0.455 e. The molecule has 0 aliphatic carbocycles. The average Bonchev–Trinajstić information content (AvgIpc) is 2.80. The molecule has 2 saturated heterocycles. The molecule has 6 nitrogen and oxygen atoms in total. The van der Waals surface area contributed by atoms with Crippen LogP contribution >= 0.6 is 0 Å². The summed E-state index contributed by atoms with van der Waals surface area (Å²) in [6.45, 7) is 14.5. The van der Waals surface area contributed by atoms with Gasteiger partial charge in [-0.3, -0.25) is 9.80 Å². The molecule has 0 saturated carbocycles. The molecule has 4 rings (SSSR count). The minimum atomic E-state index is 0.787. The largest absolute Gasteiger partial charge is 0.455 e. The standard InChI is InChI=1S/C25H34N4O2/c1-21-7-8-24(22(2)19-21)31-25-6-4-3-5-23(25)26-20-29-13-11-27(12-14-29)9-10-28-15-17-30-18-16-28/h3-8,19-20H,9-18H2,1-2H3. The number of aliphatic imine (C=N–C) groups is 1. The second kappa shape index (κ2) is 10.8. The van der Waals surface area contributed by atoms with E-state index < -0.39 is 0 Å². The molecule has 0 atom stereocenters. The van der Waals surface area contributed by atoms with Gasteiger partial charge in [-0.2, -0.15) is 0 Å². The zero-order valence-corrected chi connectivity index (χ0v) is 18.8. The first-order chi connectivity index (χ1) is 15.2. The monoisotopic (exact) mass is 422 g/mol. The Kier molecular flexibility index (Phi) is 7.57. The van der Waals surface area contributed by atoms with Crippen molar-refractivity contribution in [3.8, 4) is 11.5 Å². The van der Waals surface area contributed by atoms with E-state index in [0.29, 0.717) is 0 Å². The Balaban J connectivity index is 1.29. The molecule has 2 heterocycles. The summed E-state index contributed by atoms with van der Waals surface area (Å²) in [5, 5.41) is 0. The molecule has 166 valence electrons. The van der Waals surface area contributed by atoms with Gasteiger partial charge in [0.2, 0.25) is 0 Å². The molecule has 0 unspecified atom stereocenters. The van der Waals surface area contributed by atoms with Gasteiger partial charge in [0, 0.05) is 52.4 Å². The van der Waals surface area contributed by atoms with Crippen molar-refractivity contribution in [1.29, 1.82) is 0 Å². The Morgan fingerprint density at radius 3 is 2.32 bits per heavy atom. The lowest BCUT2D eigenvalue weighted by Gasteiger charge is -2.35. The first-order valence-corrected chi connectivity index (χ1v) is 11.3. The normalized spacial score (nSPS) is 18.6. The second-order valence-electron chi connectivity index (χ2n) is 8.41. The Labute approximate surface area is 186 Å². The predicted octanol–water partition coefficient (Wildman–Crippen LogP) is 3.71. The van der Waals surface area contributed by atoms with Gasteiger partial charge >= 0.3 is 0 Å². The Bertz CT molecular complexity index is 872. The van der Waals surface area contributed by atoms with Gasteiger partial charge in [0.1, 0.15) is 11.4 Å². The molecule has 2 fully saturated rings. The Morgan fingerprint density at radius 2 is 1.58 bits per heavy atom. The van der Waals surface area contributed by atoms with Crippen LogP contribution in [-0.2, 0) is 4.74 Å². The van der Waals surface area contributed by atoms with Crippen molar-refractivity contribution in [3.63, 3.8) is 0 Å². The minimum absolute atomic E-state index is 0.787. The number of benzene rings is 2. The van der Waals surface area contributed by atoms with Crippen LogP contribution in [0.4, 0.5) is 5.69 Å². The number of rotatable bonds is 7. The number of morpholine rings is 1. The van der Waals surface area contributed by atoms with Crippen molar-refractivity contribution < 1.29 is 9.47 Å². The zero-order valence-electron chi connectivity index (χ0n) is 18.8. The first-order valence-electron chi connectivity index (χ1n) is 11.3. The topological polar surface area (TPSA) is 40.5 Å². The van der Waals surface area contributed by atoms with E-state index in [9.17, 15) is 0 Å². The molecule has 2 aromatic carbocycles. The molecule has 0 aromatic heterocycles. The summed E-state index contributed by atoms with van der Waals surface area (Å²) >= 11 is 0. The van der Waals surface area contributed by atoms with Gasteiger partial charge in [0.25, 0.3) is 0 Å². The maximum atomic E-state index is 6.19. The molecular formula is C25H34N4O2. The van der Waals surface area contributed by atoms with Crippen molar-refractivity contribution in [3.05, 3.63) is 53.6 Å². The van der Waals surface area contributed by atoms with Gasteiger partial charge in [-0.05, 0) is 37.6 Å². The van der Waals surface area contributed by atoms with Crippen molar-refractivity contribution in [2.75, 3.05) is 65.6 Å². The molecule has 6 heteroatoms. The summed E-state index contributed by atoms with van der Waals surface area (Å²) in [4.78, 5) is 12.1. The summed E-state index contributed by atoms with van der Waals surface area (Å²) in [5.41, 5.74) is 3.23. The fraction of sp³-hybridized carbons (Fsp3) is 0.480. The summed E-state index contributed by atoms with van der Waals surface area (Å²) in [6, 6.07) is 14.2. The zero-order chi connectivity index (χ0) is 21.5. The van der Waals surface area contributed by atoms with Crippen LogP contribution in [0.15, 0.2) is 47.5 Å². The van der Waals surface area contributed by atoms with Crippen LogP contribution < -0.4 is 4.74 Å². The molecule has 2 aliphatic heterocycles. The molecule has 31 heavy (non-hydrogen) atoms. The van der Waals surface area contributed by atoms with E-state index in [1.54, 1.807) is 0 Å². The average molecular weight is 423 g/mol. The van der Waals surface area contributed by atoms with Gasteiger partial charge in [-0.15, -0.1) is 0 Å². The highest BCUT2D eigenvalue weighted by Crippen LogP contribution is 2.33. The van der Waals surface area contributed by atoms with E-state index in [1.807, 2.05) is 36.7 Å². The molecule has 0 radical (unpaired) electrons. The van der Waals surface area contributed by atoms with Crippen LogP contribution in [0, 0.1) is 13.8 Å². The van der Waals surface area contributed by atoms with Gasteiger partial charge in [-0.25, -0.2) is 4.99 Å². The lowest BCUT2D eigenvalue weighted by Crippen LogP contribution is -2.48. The van der Waals surface area contributed by atoms with Crippen LogP contribution in [0.2, 0.25) is 0 Å². The summed E-state index contributed by atoms with van der Waals surface area (Å²) in [6.07, 6.45) is 1.98. The SMILES string of the molecule is Cc1ccc(Oc2ccccc2N=CN2CCN(CCN3CCOCC3)CC2)c(C)c1. The van der Waals surface area contributed by atoms with Crippen LogP contribution in [0.3, 0.4) is 0 Å². The van der Waals surface area contributed by atoms with Crippen molar-refractivity contribution in [1.82, 2.24) is 14.7 Å². The molecule has 0 bridgehead atoms. The van der Waals surface area contributed by atoms with Crippen LogP contribution in [0.1, 0.15) is 11.1 Å². The molecule has 0 spiro atoms. The molecule has 0 amide bonds. The van der Waals surface area contributed by atoms with E-state index >= 15 is 0 Å². The first kappa shape index (κ1) is 21.8. The Hall–Kier alpha value is -2.41. The number of para-hydroxylation sites is 2. The van der Waals surface area contributed by atoms with Crippen molar-refractivity contribution in [2.24, 2.45) is 4.99 Å². The van der Waals surface area contributed by atoms with Gasteiger partial charge in [0.05, 0.1) is 19.6 Å². The predicted molar refractivity (Wildman–Crippen MR) is 126 cm³/mol. The number of aryl methyl sites for hydroxylation is 2. The van der Waals surface area contributed by atoms with Crippen LogP contribution in [-0.4, -0.2) is 86.6 Å². The van der Waals surface area contributed by atoms with E-state index in [-0.39, 0.29) is 0 Å². The third-order valence-electron chi connectivity index (χ3n) is 6.02. The van der Waals surface area contributed by atoms with E-state index in [2.05, 4.69) is 40.7 Å². The third kappa shape index (κ3) is 6.29. The van der Waals surface area contributed by atoms with Gasteiger partial charge in [-0.1, -0.05) is 29.8 Å². The third-order valence-corrected chi connectivity index (χ3v) is 6.02. The number of piperazine rings is 1. The number of ether oxygens (including phenoxy) is 2. The molecule has 0 N–H and O–H groups in total. The molecule has 2 aliphatic rings. The highest BCUT2D eigenvalue weighted by molar-refractivity contribution is 5.65. The summed E-state index contributed by atoms with van der Waals surface area (Å²) < 4.78 is 11.6. The molecule has 2 aromatic rings. The highest BCUT2D eigenvalue weighted by atomic mass is 16.5. The molecular weight excluding hydrogens is 388 g/mol. The van der Waals surface area contributed by atoms with Gasteiger partial charge in [0.15, 0.2) is 5.75 Å². The number of hydrogen-bond acceptors (Lipinski definition) is 5. The number of hydrogen-bond donors (Lipinski definition) is 0. The lowest BCUT2D eigenvalue weighted by atomic mass is 10.1. The van der Waals surface area contributed by atoms with Crippen molar-refractivity contribution in [2.45, 2.75) is 13.8 Å². The fourth-order valence-corrected chi connectivity index (χ4v) is 4.04. The number of nitrogens with zero attached hydrogens (tertiary/aromatic N) is 4. The van der Waals surface area contributed by atoms with E-state index in [0.717, 1.165) is 88.3 Å². The van der Waals surface area contributed by atoms with Crippen LogP contribution in [0.25, 0.3) is 0 Å².